The standard InChI is InChI=1S/C31H40FN5O/c1-35-30(21-36-11-3-2-4-12-36)29(17-34-35)24-9-10-25-16-33-28(14-26(25)13-24)15-31(38)23-7-5-22(6-8-23)18-37-19-27(32)20-37/h9-10,13-14,16-17,22-23,27H,2-8,11-12,15,18-21H2,1H3. The molecule has 38 heavy (non-hydrogen) atoms. The Morgan fingerprint density at radius 3 is 2.53 bits per heavy atom. The molecular weight excluding hydrogens is 477 g/mol. The molecule has 0 atom stereocenters. The van der Waals surface area contributed by atoms with Crippen LogP contribution in [0.2, 0.25) is 0 Å². The Hall–Kier alpha value is -2.64. The van der Waals surface area contributed by atoms with Crippen LogP contribution in [-0.4, -0.2) is 69.2 Å². The van der Waals surface area contributed by atoms with Gasteiger partial charge in [0, 0.05) is 68.4 Å². The number of carbonyl (C=O) groups excluding carboxylic acids is 1. The number of piperidine rings is 1. The Balaban J connectivity index is 1.11. The number of hydrogen-bond donors (Lipinski definition) is 0. The molecule has 3 fully saturated rings. The molecule has 0 unspecified atom stereocenters. The zero-order valence-corrected chi connectivity index (χ0v) is 22.6. The third kappa shape index (κ3) is 5.69. The number of fused-ring (bicyclic) bond motifs is 1. The van der Waals surface area contributed by atoms with Crippen molar-refractivity contribution in [3.8, 4) is 11.1 Å². The van der Waals surface area contributed by atoms with Crippen LogP contribution in [0, 0.1) is 11.8 Å². The van der Waals surface area contributed by atoms with Gasteiger partial charge in [0.05, 0.1) is 11.9 Å². The van der Waals surface area contributed by atoms with E-state index in [0.717, 1.165) is 68.3 Å². The number of aryl methyl sites for hydroxylation is 1. The Labute approximate surface area is 225 Å². The lowest BCUT2D eigenvalue weighted by Crippen LogP contribution is -2.50. The fraction of sp³-hybridized carbons (Fsp3) is 0.581. The third-order valence-electron chi connectivity index (χ3n) is 9.06. The molecular formula is C31H40FN5O. The summed E-state index contributed by atoms with van der Waals surface area (Å²) in [6.45, 7) is 5.42. The number of alkyl halides is 1. The molecule has 6 nitrogen and oxygen atoms in total. The molecule has 202 valence electrons. The summed E-state index contributed by atoms with van der Waals surface area (Å²) >= 11 is 0. The molecule has 0 N–H and O–H groups in total. The zero-order valence-electron chi connectivity index (χ0n) is 22.6. The van der Waals surface area contributed by atoms with Crippen molar-refractivity contribution in [1.82, 2.24) is 24.6 Å². The molecule has 2 saturated heterocycles. The summed E-state index contributed by atoms with van der Waals surface area (Å²) in [6, 6.07) is 8.62. The van der Waals surface area contributed by atoms with E-state index in [-0.39, 0.29) is 5.92 Å². The number of pyridine rings is 1. The van der Waals surface area contributed by atoms with Crippen molar-refractivity contribution < 1.29 is 9.18 Å². The minimum Gasteiger partial charge on any atom is -0.299 e. The summed E-state index contributed by atoms with van der Waals surface area (Å²) in [5.41, 5.74) is 4.47. The first kappa shape index (κ1) is 25.6. The van der Waals surface area contributed by atoms with Crippen LogP contribution < -0.4 is 0 Å². The lowest BCUT2D eigenvalue weighted by atomic mass is 9.78. The molecule has 6 rings (SSSR count). The fourth-order valence-corrected chi connectivity index (χ4v) is 6.68. The molecule has 3 aliphatic rings. The second-order valence-electron chi connectivity index (χ2n) is 11.9. The van der Waals surface area contributed by atoms with Crippen molar-refractivity contribution in [1.29, 1.82) is 0 Å². The predicted molar refractivity (Wildman–Crippen MR) is 149 cm³/mol. The highest BCUT2D eigenvalue weighted by Crippen LogP contribution is 2.32. The number of halogens is 1. The van der Waals surface area contributed by atoms with Gasteiger partial charge in [-0.25, -0.2) is 4.39 Å². The molecule has 7 heteroatoms. The number of nitrogens with zero attached hydrogens (tertiary/aromatic N) is 5. The molecule has 0 bridgehead atoms. The summed E-state index contributed by atoms with van der Waals surface area (Å²) < 4.78 is 15.1. The third-order valence-corrected chi connectivity index (χ3v) is 9.06. The van der Waals surface area contributed by atoms with Gasteiger partial charge in [-0.15, -0.1) is 0 Å². The fourth-order valence-electron chi connectivity index (χ4n) is 6.68. The van der Waals surface area contributed by atoms with E-state index >= 15 is 0 Å². The summed E-state index contributed by atoms with van der Waals surface area (Å²) in [6.07, 6.45) is 11.6. The maximum atomic E-state index is 13.2. The highest BCUT2D eigenvalue weighted by Gasteiger charge is 2.31. The van der Waals surface area contributed by atoms with Crippen molar-refractivity contribution in [2.75, 3.05) is 32.7 Å². The molecule has 0 amide bonds. The van der Waals surface area contributed by atoms with Crippen LogP contribution in [0.3, 0.4) is 0 Å². The summed E-state index contributed by atoms with van der Waals surface area (Å²) in [7, 11) is 2.04. The largest absolute Gasteiger partial charge is 0.299 e. The molecule has 2 aromatic heterocycles. The van der Waals surface area contributed by atoms with Crippen LogP contribution in [0.5, 0.6) is 0 Å². The Morgan fingerprint density at radius 2 is 1.76 bits per heavy atom. The van der Waals surface area contributed by atoms with E-state index in [4.69, 9.17) is 0 Å². The number of ketones is 1. The van der Waals surface area contributed by atoms with Gasteiger partial charge in [-0.1, -0.05) is 18.6 Å². The van der Waals surface area contributed by atoms with E-state index in [9.17, 15) is 9.18 Å². The van der Waals surface area contributed by atoms with E-state index in [1.165, 1.54) is 36.1 Å². The number of likely N-dealkylation sites (tertiary alicyclic amines) is 2. The van der Waals surface area contributed by atoms with Gasteiger partial charge in [-0.05, 0) is 80.6 Å². The maximum absolute atomic E-state index is 13.2. The molecule has 1 aromatic carbocycles. The van der Waals surface area contributed by atoms with Gasteiger partial charge < -0.3 is 0 Å². The Bertz CT molecular complexity index is 1270. The van der Waals surface area contributed by atoms with E-state index in [2.05, 4.69) is 44.1 Å². The van der Waals surface area contributed by atoms with Gasteiger partial charge in [-0.2, -0.15) is 5.10 Å². The normalized spacial score (nSPS) is 23.5. The average Bonchev–Trinajstić information content (AvgIpc) is 3.28. The van der Waals surface area contributed by atoms with E-state index in [1.807, 2.05) is 24.1 Å². The zero-order chi connectivity index (χ0) is 26.1. The quantitative estimate of drug-likeness (QED) is 0.412. The summed E-state index contributed by atoms with van der Waals surface area (Å²) in [5, 5.41) is 6.81. The van der Waals surface area contributed by atoms with Crippen molar-refractivity contribution in [3.63, 3.8) is 0 Å². The molecule has 1 saturated carbocycles. The van der Waals surface area contributed by atoms with Crippen LogP contribution in [0.25, 0.3) is 21.9 Å². The smallest absolute Gasteiger partial charge is 0.141 e. The average molecular weight is 518 g/mol. The van der Waals surface area contributed by atoms with Crippen molar-refractivity contribution in [2.45, 2.75) is 64.1 Å². The van der Waals surface area contributed by atoms with Crippen LogP contribution in [-0.2, 0) is 24.8 Å². The first-order valence-corrected chi connectivity index (χ1v) is 14.5. The maximum Gasteiger partial charge on any atom is 0.141 e. The first-order valence-electron chi connectivity index (χ1n) is 14.5. The van der Waals surface area contributed by atoms with Crippen molar-refractivity contribution in [3.05, 3.63) is 48.0 Å². The molecule has 2 aliphatic heterocycles. The number of carbonyl (C=O) groups is 1. The highest BCUT2D eigenvalue weighted by molar-refractivity contribution is 5.89. The lowest BCUT2D eigenvalue weighted by Gasteiger charge is -2.38. The molecule has 1 aliphatic carbocycles. The van der Waals surface area contributed by atoms with Gasteiger partial charge in [0.15, 0.2) is 0 Å². The van der Waals surface area contributed by atoms with Crippen LogP contribution >= 0.6 is 0 Å². The minimum absolute atomic E-state index is 0.133. The number of hydrogen-bond acceptors (Lipinski definition) is 5. The van der Waals surface area contributed by atoms with Crippen molar-refractivity contribution >= 4 is 16.6 Å². The lowest BCUT2D eigenvalue weighted by molar-refractivity contribution is -0.123. The molecule has 0 radical (unpaired) electrons. The van der Waals surface area contributed by atoms with Gasteiger partial charge in [0.25, 0.3) is 0 Å². The van der Waals surface area contributed by atoms with E-state index in [0.29, 0.717) is 31.2 Å². The number of benzene rings is 1. The predicted octanol–water partition coefficient (Wildman–Crippen LogP) is 5.19. The summed E-state index contributed by atoms with van der Waals surface area (Å²) in [5.74, 6) is 1.06. The number of aromatic nitrogens is 3. The highest BCUT2D eigenvalue weighted by atomic mass is 19.1. The van der Waals surface area contributed by atoms with E-state index in [1.54, 1.807) is 0 Å². The molecule has 4 heterocycles. The second-order valence-corrected chi connectivity index (χ2v) is 11.9. The summed E-state index contributed by atoms with van der Waals surface area (Å²) in [4.78, 5) is 22.5. The number of Topliss-reactive ketones (excluding diaryl/α,β-unsaturated/α-hetero) is 1. The van der Waals surface area contributed by atoms with Crippen LogP contribution in [0.4, 0.5) is 4.39 Å². The van der Waals surface area contributed by atoms with Gasteiger partial charge >= 0.3 is 0 Å². The van der Waals surface area contributed by atoms with Gasteiger partial charge in [-0.3, -0.25) is 24.3 Å². The minimum atomic E-state index is -0.635. The monoisotopic (exact) mass is 517 g/mol. The van der Waals surface area contributed by atoms with Crippen LogP contribution in [0.1, 0.15) is 56.3 Å². The number of rotatable bonds is 8. The van der Waals surface area contributed by atoms with E-state index < -0.39 is 6.17 Å². The molecule has 0 spiro atoms. The molecule has 3 aromatic rings. The second kappa shape index (κ2) is 11.2. The Kier molecular flexibility index (Phi) is 7.57. The van der Waals surface area contributed by atoms with Crippen LogP contribution in [0.15, 0.2) is 36.7 Å². The van der Waals surface area contributed by atoms with Gasteiger partial charge in [0.2, 0.25) is 0 Å². The SMILES string of the molecule is Cn1ncc(-c2ccc3cnc(CC(=O)C4CCC(CN5CC(F)C5)CC4)cc3c2)c1CN1CCCCC1. The topological polar surface area (TPSA) is 54.3 Å². The van der Waals surface area contributed by atoms with Crippen molar-refractivity contribution in [2.24, 2.45) is 18.9 Å². The first-order chi connectivity index (χ1) is 18.5. The Morgan fingerprint density at radius 1 is 0.974 bits per heavy atom. The van der Waals surface area contributed by atoms with Gasteiger partial charge in [0.1, 0.15) is 12.0 Å².